The average Bonchev–Trinajstić information content (AvgIpc) is 2.29. The molecule has 0 unspecified atom stereocenters. The number of rotatable bonds is 12. The monoisotopic (exact) mass is 435 g/mol. The molecule has 0 atom stereocenters. The summed E-state index contributed by atoms with van der Waals surface area (Å²) in [6.07, 6.45) is 6.85. The first-order valence-electron chi connectivity index (χ1n) is 6.60. The smallest absolute Gasteiger partial charge is 0.147 e. The Labute approximate surface area is 122 Å². The number of halogens is 1. The Kier molecular flexibility index (Phi) is 20.4. The zero-order valence-corrected chi connectivity index (χ0v) is 15.9. The second-order valence-corrected chi connectivity index (χ2v) is 8.76. The summed E-state index contributed by atoms with van der Waals surface area (Å²) in [5.74, 6) is 0. The van der Waals surface area contributed by atoms with Crippen molar-refractivity contribution in [3.8, 4) is 0 Å². The van der Waals surface area contributed by atoms with E-state index < -0.39 is 22.7 Å². The Balaban J connectivity index is 0. The van der Waals surface area contributed by atoms with E-state index in [1.165, 1.54) is 19.3 Å². The van der Waals surface area contributed by atoms with Gasteiger partial charge in [-0.25, -0.2) is 0 Å². The van der Waals surface area contributed by atoms with Crippen molar-refractivity contribution in [2.45, 2.75) is 59.3 Å². The molecule has 105 valence electrons. The molecule has 0 aliphatic rings. The van der Waals surface area contributed by atoms with Crippen LogP contribution in [-0.4, -0.2) is 19.8 Å². The van der Waals surface area contributed by atoms with E-state index in [1.54, 1.807) is 0 Å². The third kappa shape index (κ3) is 15.0. The molecular formula is C12H28ClHfO3. The summed E-state index contributed by atoms with van der Waals surface area (Å²) in [5, 5.41) is 0. The van der Waals surface area contributed by atoms with Gasteiger partial charge in [0.25, 0.3) is 0 Å². The summed E-state index contributed by atoms with van der Waals surface area (Å²) in [6.45, 7) is 8.96. The Hall–Kier alpha value is 1.04. The van der Waals surface area contributed by atoms with Crippen molar-refractivity contribution in [3.05, 3.63) is 0 Å². The van der Waals surface area contributed by atoms with E-state index in [2.05, 4.69) is 20.8 Å². The molecule has 0 spiro atoms. The van der Waals surface area contributed by atoms with E-state index in [1.807, 2.05) is 0 Å². The van der Waals surface area contributed by atoms with Crippen LogP contribution < -0.4 is 0 Å². The van der Waals surface area contributed by atoms with Crippen LogP contribution in [-0.2, 0) is 31.3 Å². The van der Waals surface area contributed by atoms with E-state index >= 15 is 0 Å². The van der Waals surface area contributed by atoms with Crippen LogP contribution in [0.25, 0.3) is 0 Å². The number of unbranched alkanes of at least 4 members (excludes halogenated alkanes) is 3. The molecule has 0 radical (unpaired) electrons. The normalized spacial score (nSPS) is 10.1. The third-order valence-electron chi connectivity index (χ3n) is 2.15. The van der Waals surface area contributed by atoms with Crippen molar-refractivity contribution in [2.75, 3.05) is 19.8 Å². The van der Waals surface area contributed by atoms with E-state index in [9.17, 15) is 0 Å². The molecule has 0 saturated heterocycles. The Morgan fingerprint density at radius 3 is 1.18 bits per heavy atom. The van der Waals surface area contributed by atoms with E-state index in [0.29, 0.717) is 0 Å². The first-order valence-corrected chi connectivity index (χ1v) is 11.0. The zero-order chi connectivity index (χ0) is 12.1. The van der Waals surface area contributed by atoms with Crippen LogP contribution in [0.4, 0.5) is 0 Å². The molecule has 0 aromatic heterocycles. The molecule has 0 rings (SSSR count). The fourth-order valence-corrected chi connectivity index (χ4v) is 5.27. The minimum Gasteiger partial charge on any atom is -0.147 e. The minimum absolute atomic E-state index is 0. The minimum atomic E-state index is -2.56. The molecular weight excluding hydrogens is 406 g/mol. The molecule has 0 amide bonds. The van der Waals surface area contributed by atoms with Gasteiger partial charge in [-0.3, -0.25) is 0 Å². The Morgan fingerprint density at radius 2 is 0.941 bits per heavy atom. The van der Waals surface area contributed by atoms with Gasteiger partial charge in [0.2, 0.25) is 0 Å². The van der Waals surface area contributed by atoms with Crippen molar-refractivity contribution in [1.29, 1.82) is 0 Å². The molecule has 0 aliphatic carbocycles. The predicted octanol–water partition coefficient (Wildman–Crippen LogP) is 4.22. The van der Waals surface area contributed by atoms with Crippen molar-refractivity contribution >= 4 is 12.4 Å². The maximum absolute atomic E-state index is 5.74. The summed E-state index contributed by atoms with van der Waals surface area (Å²) in [4.78, 5) is 0. The third-order valence-corrected chi connectivity index (χ3v) is 6.89. The molecule has 5 heteroatoms. The second kappa shape index (κ2) is 17.0. The summed E-state index contributed by atoms with van der Waals surface area (Å²) in [6, 6.07) is 0. The fourth-order valence-electron chi connectivity index (χ4n) is 1.02. The molecule has 0 bridgehead atoms. The standard InChI is InChI=1S/3C4H9O.ClH.Hf/c3*1-2-3-4-5;;/h3*2-4H2,1H3;1H;/q3*-1;;+3. The van der Waals surface area contributed by atoms with Crippen molar-refractivity contribution in [2.24, 2.45) is 0 Å². The van der Waals surface area contributed by atoms with Gasteiger partial charge < -0.3 is 0 Å². The van der Waals surface area contributed by atoms with Crippen LogP contribution >= 0.6 is 12.4 Å². The van der Waals surface area contributed by atoms with Crippen molar-refractivity contribution in [3.63, 3.8) is 0 Å². The van der Waals surface area contributed by atoms with Gasteiger partial charge in [0, 0.05) is 0 Å². The van der Waals surface area contributed by atoms with Crippen LogP contribution in [0, 0.1) is 0 Å². The summed E-state index contributed by atoms with van der Waals surface area (Å²) in [7, 11) is 0. The van der Waals surface area contributed by atoms with Gasteiger partial charge in [0.05, 0.1) is 0 Å². The van der Waals surface area contributed by atoms with Gasteiger partial charge in [0.1, 0.15) is 0 Å². The maximum Gasteiger partial charge on any atom is -0.147 e. The second-order valence-electron chi connectivity index (χ2n) is 3.86. The summed E-state index contributed by atoms with van der Waals surface area (Å²) < 4.78 is 17.2. The van der Waals surface area contributed by atoms with Gasteiger partial charge in [0.15, 0.2) is 0 Å². The van der Waals surface area contributed by atoms with Crippen molar-refractivity contribution < 1.29 is 31.3 Å². The van der Waals surface area contributed by atoms with E-state index in [4.69, 9.17) is 8.56 Å². The Morgan fingerprint density at radius 1 is 0.647 bits per heavy atom. The van der Waals surface area contributed by atoms with Gasteiger partial charge in [-0.1, -0.05) is 0 Å². The summed E-state index contributed by atoms with van der Waals surface area (Å²) >= 11 is -2.56. The SMILES string of the molecule is CCCC[O][Hf]([O]CCCC)[O]CCCC.Cl. The van der Waals surface area contributed by atoms with E-state index in [0.717, 1.165) is 39.1 Å². The number of hydrogen-bond acceptors (Lipinski definition) is 3. The maximum atomic E-state index is 5.74. The number of hydrogen-bond donors (Lipinski definition) is 0. The van der Waals surface area contributed by atoms with Gasteiger partial charge in [-0.05, 0) is 0 Å². The molecule has 0 aromatic carbocycles. The topological polar surface area (TPSA) is 27.7 Å². The molecule has 3 nitrogen and oxygen atoms in total. The molecule has 0 aliphatic heterocycles. The zero-order valence-electron chi connectivity index (χ0n) is 11.5. The molecule has 0 heterocycles. The predicted molar refractivity (Wildman–Crippen MR) is 69.8 cm³/mol. The first kappa shape index (κ1) is 20.4. The van der Waals surface area contributed by atoms with Crippen LogP contribution in [0.15, 0.2) is 0 Å². The largest absolute Gasteiger partial charge is 0.147 e. The van der Waals surface area contributed by atoms with Gasteiger partial charge in [-0.2, -0.15) is 0 Å². The molecule has 0 N–H and O–H groups in total. The summed E-state index contributed by atoms with van der Waals surface area (Å²) in [5.41, 5.74) is 0. The van der Waals surface area contributed by atoms with Crippen LogP contribution in [0.3, 0.4) is 0 Å². The molecule has 0 saturated carbocycles. The van der Waals surface area contributed by atoms with Crippen LogP contribution in [0.1, 0.15) is 59.3 Å². The van der Waals surface area contributed by atoms with Crippen LogP contribution in [0.5, 0.6) is 0 Å². The first-order chi connectivity index (χ1) is 7.85. The molecule has 0 fully saturated rings. The average molecular weight is 434 g/mol. The van der Waals surface area contributed by atoms with E-state index in [-0.39, 0.29) is 12.4 Å². The Bertz CT molecular complexity index is 115. The van der Waals surface area contributed by atoms with Crippen LogP contribution in [0.2, 0.25) is 0 Å². The van der Waals surface area contributed by atoms with Crippen molar-refractivity contribution in [1.82, 2.24) is 0 Å². The molecule has 0 aromatic rings. The van der Waals surface area contributed by atoms with Gasteiger partial charge in [-0.15, -0.1) is 12.4 Å². The molecule has 17 heavy (non-hydrogen) atoms. The fraction of sp³-hybridized carbons (Fsp3) is 1.00. The van der Waals surface area contributed by atoms with Gasteiger partial charge >= 0.3 is 110 Å². The quantitative estimate of drug-likeness (QED) is 0.340.